The topological polar surface area (TPSA) is 89.0 Å². The summed E-state index contributed by atoms with van der Waals surface area (Å²) in [5.74, 6) is -0.750. The molecule has 1 amide bonds. The van der Waals surface area contributed by atoms with E-state index in [1.807, 2.05) is 13.0 Å². The summed E-state index contributed by atoms with van der Waals surface area (Å²) >= 11 is 1.10. The Balaban J connectivity index is 1.63. The maximum absolute atomic E-state index is 13.9. The van der Waals surface area contributed by atoms with E-state index in [0.29, 0.717) is 52.0 Å². The number of fused-ring (bicyclic) bond motifs is 1. The second kappa shape index (κ2) is 11.5. The van der Waals surface area contributed by atoms with Gasteiger partial charge < -0.3 is 14.6 Å². The van der Waals surface area contributed by atoms with E-state index in [1.165, 1.54) is 23.1 Å². The maximum Gasteiger partial charge on any atom is 0.301 e. The molecule has 2 heterocycles. The molecule has 4 aromatic rings. The van der Waals surface area contributed by atoms with E-state index in [1.54, 1.807) is 42.5 Å². The Morgan fingerprint density at radius 1 is 1.05 bits per heavy atom. The minimum absolute atomic E-state index is 0.0704. The lowest BCUT2D eigenvalue weighted by molar-refractivity contribution is -0.132. The van der Waals surface area contributed by atoms with Gasteiger partial charge in [0, 0.05) is 5.56 Å². The lowest BCUT2D eigenvalue weighted by Crippen LogP contribution is -2.29. The van der Waals surface area contributed by atoms with Crippen LogP contribution < -0.4 is 14.4 Å². The Morgan fingerprint density at radius 3 is 2.55 bits per heavy atom. The summed E-state index contributed by atoms with van der Waals surface area (Å²) in [6, 6.07) is 17.0. The number of halogens is 1. The number of ether oxygens (including phenoxy) is 2. The number of carbonyl (C=O) groups excluding carboxylic acids is 2. The molecule has 0 saturated carbocycles. The molecule has 5 rings (SSSR count). The van der Waals surface area contributed by atoms with E-state index >= 15 is 0 Å². The molecule has 0 radical (unpaired) electrons. The van der Waals surface area contributed by atoms with Gasteiger partial charge in [-0.15, -0.1) is 0 Å². The largest absolute Gasteiger partial charge is 0.507 e. The lowest BCUT2D eigenvalue weighted by atomic mass is 9.95. The number of aromatic nitrogens is 1. The van der Waals surface area contributed by atoms with Gasteiger partial charge in [0.2, 0.25) is 0 Å². The van der Waals surface area contributed by atoms with Gasteiger partial charge in [-0.05, 0) is 79.4 Å². The highest BCUT2D eigenvalue weighted by Gasteiger charge is 2.48. The number of aliphatic hydroxyl groups is 1. The van der Waals surface area contributed by atoms with Crippen LogP contribution in [0, 0.1) is 11.7 Å². The monoisotopic (exact) mass is 560 g/mol. The van der Waals surface area contributed by atoms with Crippen LogP contribution in [0.5, 0.6) is 11.5 Å². The SMILES string of the molecule is CCOc1ccc(C(O)=C2C(=O)C(=O)N(c3nc4ccc(F)cc4s3)C2c2cccc(OCCC(C)C)c2)cc1. The fourth-order valence-corrected chi connectivity index (χ4v) is 5.57. The summed E-state index contributed by atoms with van der Waals surface area (Å²) in [6.07, 6.45) is 0.864. The van der Waals surface area contributed by atoms with Gasteiger partial charge in [0.15, 0.2) is 5.13 Å². The molecular weight excluding hydrogens is 531 g/mol. The number of rotatable bonds is 9. The van der Waals surface area contributed by atoms with Crippen molar-refractivity contribution >= 4 is 44.1 Å². The summed E-state index contributed by atoms with van der Waals surface area (Å²) in [7, 11) is 0. The highest BCUT2D eigenvalue weighted by Crippen LogP contribution is 2.45. The van der Waals surface area contributed by atoms with Gasteiger partial charge in [0.1, 0.15) is 23.1 Å². The minimum atomic E-state index is -0.981. The minimum Gasteiger partial charge on any atom is -0.507 e. The molecule has 1 saturated heterocycles. The normalized spacial score (nSPS) is 16.7. The number of hydrogen-bond donors (Lipinski definition) is 1. The predicted octanol–water partition coefficient (Wildman–Crippen LogP) is 6.89. The second-order valence-electron chi connectivity index (χ2n) is 9.84. The van der Waals surface area contributed by atoms with E-state index < -0.39 is 23.5 Å². The number of amides is 1. The molecule has 7 nitrogen and oxygen atoms in total. The smallest absolute Gasteiger partial charge is 0.301 e. The molecule has 40 heavy (non-hydrogen) atoms. The zero-order valence-corrected chi connectivity index (χ0v) is 23.2. The zero-order chi connectivity index (χ0) is 28.4. The molecule has 3 aromatic carbocycles. The van der Waals surface area contributed by atoms with E-state index in [-0.39, 0.29) is 16.5 Å². The lowest BCUT2D eigenvalue weighted by Gasteiger charge is -2.23. The van der Waals surface area contributed by atoms with Crippen molar-refractivity contribution in [3.63, 3.8) is 0 Å². The van der Waals surface area contributed by atoms with Crippen molar-refractivity contribution in [2.75, 3.05) is 18.1 Å². The summed E-state index contributed by atoms with van der Waals surface area (Å²) in [6.45, 7) is 7.08. The second-order valence-corrected chi connectivity index (χ2v) is 10.8. The van der Waals surface area contributed by atoms with Gasteiger partial charge in [-0.1, -0.05) is 37.3 Å². The average Bonchev–Trinajstić information content (AvgIpc) is 3.46. The summed E-state index contributed by atoms with van der Waals surface area (Å²) < 4.78 is 25.9. The maximum atomic E-state index is 13.9. The first kappa shape index (κ1) is 27.3. The van der Waals surface area contributed by atoms with Gasteiger partial charge in [-0.2, -0.15) is 0 Å². The van der Waals surface area contributed by atoms with Crippen LogP contribution in [0.4, 0.5) is 9.52 Å². The molecule has 1 fully saturated rings. The van der Waals surface area contributed by atoms with Gasteiger partial charge in [0.05, 0.1) is 35.0 Å². The number of ketones is 1. The Kier molecular flexibility index (Phi) is 7.84. The van der Waals surface area contributed by atoms with Crippen molar-refractivity contribution in [1.82, 2.24) is 4.98 Å². The van der Waals surface area contributed by atoms with Crippen molar-refractivity contribution in [3.8, 4) is 11.5 Å². The van der Waals surface area contributed by atoms with Gasteiger partial charge in [-0.3, -0.25) is 14.5 Å². The number of carbonyl (C=O) groups is 2. The molecule has 9 heteroatoms. The van der Waals surface area contributed by atoms with Crippen molar-refractivity contribution in [3.05, 3.63) is 89.2 Å². The Labute approximate surface area is 235 Å². The number of thiazole rings is 1. The van der Waals surface area contributed by atoms with Crippen molar-refractivity contribution in [2.24, 2.45) is 5.92 Å². The summed E-state index contributed by atoms with van der Waals surface area (Å²) in [4.78, 5) is 32.8. The average molecular weight is 561 g/mol. The Morgan fingerprint density at radius 2 is 1.82 bits per heavy atom. The third-order valence-corrected chi connectivity index (χ3v) is 7.58. The highest BCUT2D eigenvalue weighted by atomic mass is 32.1. The Bertz CT molecular complexity index is 1600. The van der Waals surface area contributed by atoms with Crippen LogP contribution >= 0.6 is 11.3 Å². The molecule has 1 unspecified atom stereocenters. The van der Waals surface area contributed by atoms with Crippen molar-refractivity contribution in [2.45, 2.75) is 33.2 Å². The summed E-state index contributed by atoms with van der Waals surface area (Å²) in [5.41, 5.74) is 1.36. The van der Waals surface area contributed by atoms with Crippen LogP contribution in [-0.2, 0) is 9.59 Å². The molecule has 1 aliphatic heterocycles. The molecule has 1 aliphatic rings. The number of anilines is 1. The van der Waals surface area contributed by atoms with Crippen LogP contribution in [-0.4, -0.2) is 35.0 Å². The van der Waals surface area contributed by atoms with Crippen LogP contribution in [0.15, 0.2) is 72.3 Å². The van der Waals surface area contributed by atoms with Crippen LogP contribution in [0.3, 0.4) is 0 Å². The number of nitrogens with zero attached hydrogens (tertiary/aromatic N) is 2. The number of aliphatic hydroxyl groups excluding tert-OH is 1. The molecule has 0 spiro atoms. The van der Waals surface area contributed by atoms with Crippen molar-refractivity contribution in [1.29, 1.82) is 0 Å². The fraction of sp³-hybridized carbons (Fsp3) is 0.258. The highest BCUT2D eigenvalue weighted by molar-refractivity contribution is 7.22. The zero-order valence-electron chi connectivity index (χ0n) is 22.4. The van der Waals surface area contributed by atoms with E-state index in [4.69, 9.17) is 9.47 Å². The van der Waals surface area contributed by atoms with Crippen LogP contribution in [0.25, 0.3) is 16.0 Å². The molecular formula is C31H29FN2O5S. The van der Waals surface area contributed by atoms with Gasteiger partial charge >= 0.3 is 5.91 Å². The Hall–Kier alpha value is -4.24. The number of benzene rings is 3. The first-order chi connectivity index (χ1) is 19.3. The van der Waals surface area contributed by atoms with E-state index in [0.717, 1.165) is 17.8 Å². The number of hydrogen-bond acceptors (Lipinski definition) is 7. The molecule has 0 aliphatic carbocycles. The van der Waals surface area contributed by atoms with Crippen LogP contribution in [0.1, 0.15) is 44.4 Å². The molecule has 1 N–H and O–H groups in total. The quantitative estimate of drug-likeness (QED) is 0.136. The third-order valence-electron chi connectivity index (χ3n) is 6.57. The standard InChI is InChI=1S/C31H29FN2O5S/c1-4-38-22-11-8-19(9-12-22)28(35)26-27(20-6-5-7-23(16-20)39-15-14-18(2)3)34(30(37)29(26)36)31-33-24-13-10-21(32)17-25(24)40-31/h5-13,16-18,27,35H,4,14-15H2,1-3H3. The first-order valence-electron chi connectivity index (χ1n) is 13.1. The van der Waals surface area contributed by atoms with Crippen molar-refractivity contribution < 1.29 is 28.6 Å². The molecule has 1 atom stereocenters. The summed E-state index contributed by atoms with van der Waals surface area (Å²) in [5, 5.41) is 11.6. The molecule has 206 valence electrons. The van der Waals surface area contributed by atoms with Crippen LogP contribution in [0.2, 0.25) is 0 Å². The molecule has 0 bridgehead atoms. The van der Waals surface area contributed by atoms with Gasteiger partial charge in [0.25, 0.3) is 5.78 Å². The van der Waals surface area contributed by atoms with Gasteiger partial charge in [-0.25, -0.2) is 9.37 Å². The molecule has 1 aromatic heterocycles. The van der Waals surface area contributed by atoms with E-state index in [9.17, 15) is 19.1 Å². The van der Waals surface area contributed by atoms with E-state index in [2.05, 4.69) is 18.8 Å². The third kappa shape index (κ3) is 5.42. The number of Topliss-reactive ketones (excluding diaryl/α,β-unsaturated/α-hetero) is 1. The predicted molar refractivity (Wildman–Crippen MR) is 153 cm³/mol. The first-order valence-corrected chi connectivity index (χ1v) is 13.9. The fourth-order valence-electron chi connectivity index (χ4n) is 4.55.